The van der Waals surface area contributed by atoms with E-state index in [0.29, 0.717) is 16.2 Å². The van der Waals surface area contributed by atoms with Gasteiger partial charge >= 0.3 is 11.9 Å². The van der Waals surface area contributed by atoms with Gasteiger partial charge in [0, 0.05) is 12.5 Å². The number of ketones is 1. The van der Waals surface area contributed by atoms with Crippen LogP contribution in [0.4, 0.5) is 0 Å². The third-order valence-corrected chi connectivity index (χ3v) is 4.39. The summed E-state index contributed by atoms with van der Waals surface area (Å²) in [7, 11) is 0. The van der Waals surface area contributed by atoms with E-state index in [0.717, 1.165) is 5.56 Å². The van der Waals surface area contributed by atoms with Gasteiger partial charge < -0.3 is 14.2 Å². The van der Waals surface area contributed by atoms with Gasteiger partial charge in [0.1, 0.15) is 17.6 Å². The van der Waals surface area contributed by atoms with Crippen LogP contribution in [-0.4, -0.2) is 24.3 Å². The summed E-state index contributed by atoms with van der Waals surface area (Å²) < 4.78 is 15.5. The van der Waals surface area contributed by atoms with Crippen LogP contribution in [0.5, 0.6) is 11.5 Å². The Balaban J connectivity index is 1.86. The molecule has 0 radical (unpaired) electrons. The van der Waals surface area contributed by atoms with E-state index >= 15 is 0 Å². The molecular formula is C17H14O6S. The number of benzene rings is 1. The predicted octanol–water partition coefficient (Wildman–Crippen LogP) is 2.90. The lowest BCUT2D eigenvalue weighted by Gasteiger charge is -2.13. The zero-order valence-corrected chi connectivity index (χ0v) is 13.8. The summed E-state index contributed by atoms with van der Waals surface area (Å²) in [4.78, 5) is 35.7. The molecule has 1 unspecified atom stereocenters. The van der Waals surface area contributed by atoms with Gasteiger partial charge in [-0.2, -0.15) is 0 Å². The highest BCUT2D eigenvalue weighted by atomic mass is 32.1. The van der Waals surface area contributed by atoms with Crippen molar-refractivity contribution >= 4 is 29.1 Å². The Morgan fingerprint density at radius 1 is 1.29 bits per heavy atom. The second kappa shape index (κ2) is 6.45. The number of ether oxygens (including phenoxy) is 3. The van der Waals surface area contributed by atoms with Crippen molar-refractivity contribution in [2.24, 2.45) is 0 Å². The first-order valence-electron chi connectivity index (χ1n) is 7.22. The molecule has 0 N–H and O–H groups in total. The number of hydrogen-bond donors (Lipinski definition) is 0. The van der Waals surface area contributed by atoms with Crippen LogP contribution in [0.3, 0.4) is 0 Å². The first-order chi connectivity index (χ1) is 11.5. The first-order valence-corrected chi connectivity index (χ1v) is 8.10. The van der Waals surface area contributed by atoms with Gasteiger partial charge in [-0.05, 0) is 36.6 Å². The lowest BCUT2D eigenvalue weighted by atomic mass is 10.1. The van der Waals surface area contributed by atoms with Crippen molar-refractivity contribution in [1.29, 1.82) is 0 Å². The van der Waals surface area contributed by atoms with E-state index in [1.807, 2.05) is 18.4 Å². The maximum Gasteiger partial charge on any atom is 0.349 e. The number of carbonyl (C=O) groups excluding carboxylic acids is 3. The van der Waals surface area contributed by atoms with Crippen LogP contribution in [0.2, 0.25) is 0 Å². The molecule has 0 saturated carbocycles. The molecule has 2 aromatic rings. The summed E-state index contributed by atoms with van der Waals surface area (Å²) in [6, 6.07) is 6.46. The molecule has 0 fully saturated rings. The number of rotatable bonds is 3. The number of fused-ring (bicyclic) bond motifs is 2. The Bertz CT molecular complexity index is 822. The summed E-state index contributed by atoms with van der Waals surface area (Å²) >= 11 is 1.35. The molecule has 2 heterocycles. The molecule has 24 heavy (non-hydrogen) atoms. The minimum atomic E-state index is -0.725. The summed E-state index contributed by atoms with van der Waals surface area (Å²) in [5.41, 5.74) is 1.18. The Kier molecular flexibility index (Phi) is 4.35. The van der Waals surface area contributed by atoms with Crippen LogP contribution in [-0.2, 0) is 14.3 Å². The van der Waals surface area contributed by atoms with E-state index in [2.05, 4.69) is 4.74 Å². The van der Waals surface area contributed by atoms with E-state index in [1.54, 1.807) is 6.07 Å². The van der Waals surface area contributed by atoms with Gasteiger partial charge in [0.05, 0.1) is 10.4 Å². The second-order valence-corrected chi connectivity index (χ2v) is 6.12. The van der Waals surface area contributed by atoms with Crippen molar-refractivity contribution in [3.8, 4) is 11.5 Å². The predicted molar refractivity (Wildman–Crippen MR) is 85.5 cm³/mol. The lowest BCUT2D eigenvalue weighted by molar-refractivity contribution is -0.152. The number of hydrogen-bond acceptors (Lipinski definition) is 7. The van der Waals surface area contributed by atoms with Gasteiger partial charge in [-0.15, -0.1) is 11.3 Å². The van der Waals surface area contributed by atoms with Crippen LogP contribution in [0.1, 0.15) is 40.8 Å². The highest BCUT2D eigenvalue weighted by molar-refractivity contribution is 7.12. The summed E-state index contributed by atoms with van der Waals surface area (Å²) in [5, 5.41) is 1.84. The van der Waals surface area contributed by atoms with Gasteiger partial charge in [-0.25, -0.2) is 4.79 Å². The number of esters is 2. The lowest BCUT2D eigenvalue weighted by Crippen LogP contribution is -2.17. The summed E-state index contributed by atoms with van der Waals surface area (Å²) in [5.74, 6) is -0.836. The fraction of sp³-hybridized carbons (Fsp3) is 0.235. The SMILES string of the molecule is CC(=O)OCC(=O)Oc1ccc2c(c1)C(=O)c1sccc1C(C)O2. The van der Waals surface area contributed by atoms with Crippen LogP contribution in [0, 0.1) is 0 Å². The highest BCUT2D eigenvalue weighted by Gasteiger charge is 2.28. The van der Waals surface area contributed by atoms with Gasteiger partial charge in [0.25, 0.3) is 0 Å². The van der Waals surface area contributed by atoms with Crippen molar-refractivity contribution < 1.29 is 28.6 Å². The van der Waals surface area contributed by atoms with E-state index in [1.165, 1.54) is 30.4 Å². The molecule has 0 saturated heterocycles. The Morgan fingerprint density at radius 2 is 2.08 bits per heavy atom. The average molecular weight is 346 g/mol. The van der Waals surface area contributed by atoms with Crippen LogP contribution < -0.4 is 9.47 Å². The molecule has 0 amide bonds. The fourth-order valence-electron chi connectivity index (χ4n) is 2.37. The number of thiophene rings is 1. The largest absolute Gasteiger partial charge is 0.485 e. The molecular weight excluding hydrogens is 332 g/mol. The van der Waals surface area contributed by atoms with E-state index in [4.69, 9.17) is 9.47 Å². The van der Waals surface area contributed by atoms with Crippen LogP contribution in [0.25, 0.3) is 0 Å². The molecule has 1 aliphatic heterocycles. The van der Waals surface area contributed by atoms with E-state index in [9.17, 15) is 14.4 Å². The summed E-state index contributed by atoms with van der Waals surface area (Å²) in [6.45, 7) is 2.59. The van der Waals surface area contributed by atoms with Gasteiger partial charge in [-0.3, -0.25) is 9.59 Å². The third-order valence-electron chi connectivity index (χ3n) is 3.46. The zero-order chi connectivity index (χ0) is 17.3. The van der Waals surface area contributed by atoms with Crippen LogP contribution >= 0.6 is 11.3 Å². The maximum atomic E-state index is 12.7. The molecule has 1 aromatic heterocycles. The van der Waals surface area contributed by atoms with Crippen molar-refractivity contribution in [1.82, 2.24) is 0 Å². The molecule has 7 heteroatoms. The standard InChI is InChI=1S/C17H14O6S/c1-9-12-5-6-24-17(12)16(20)13-7-11(3-4-14(13)22-9)23-15(19)8-21-10(2)18/h3-7,9H,8H2,1-2H3. The van der Waals surface area contributed by atoms with Crippen molar-refractivity contribution in [2.45, 2.75) is 20.0 Å². The Hall–Kier alpha value is -2.67. The zero-order valence-electron chi connectivity index (χ0n) is 13.0. The third kappa shape index (κ3) is 3.16. The minimum absolute atomic E-state index is 0.169. The molecule has 0 spiro atoms. The number of carbonyl (C=O) groups is 3. The Morgan fingerprint density at radius 3 is 2.83 bits per heavy atom. The van der Waals surface area contributed by atoms with Crippen molar-refractivity contribution in [3.05, 3.63) is 45.6 Å². The molecule has 1 atom stereocenters. The summed E-state index contributed by atoms with van der Waals surface area (Å²) in [6.07, 6.45) is -0.242. The molecule has 0 aliphatic carbocycles. The van der Waals surface area contributed by atoms with Crippen LogP contribution in [0.15, 0.2) is 29.6 Å². The maximum absolute atomic E-state index is 12.7. The highest BCUT2D eigenvalue weighted by Crippen LogP contribution is 2.37. The second-order valence-electron chi connectivity index (χ2n) is 5.21. The quantitative estimate of drug-likeness (QED) is 0.628. The first kappa shape index (κ1) is 16.2. The fourth-order valence-corrected chi connectivity index (χ4v) is 3.31. The van der Waals surface area contributed by atoms with Gasteiger partial charge in [0.2, 0.25) is 5.78 Å². The molecule has 1 aromatic carbocycles. The Labute approximate surface area is 142 Å². The minimum Gasteiger partial charge on any atom is -0.485 e. The molecule has 3 rings (SSSR count). The molecule has 6 nitrogen and oxygen atoms in total. The van der Waals surface area contributed by atoms with Crippen molar-refractivity contribution in [3.63, 3.8) is 0 Å². The van der Waals surface area contributed by atoms with Gasteiger partial charge in [0.15, 0.2) is 6.61 Å². The molecule has 124 valence electrons. The molecule has 1 aliphatic rings. The molecule has 0 bridgehead atoms. The smallest absolute Gasteiger partial charge is 0.349 e. The normalized spacial score (nSPS) is 15.6. The van der Waals surface area contributed by atoms with E-state index in [-0.39, 0.29) is 17.6 Å². The van der Waals surface area contributed by atoms with Crippen molar-refractivity contribution in [2.75, 3.05) is 6.61 Å². The monoisotopic (exact) mass is 346 g/mol. The average Bonchev–Trinajstić information content (AvgIpc) is 3.00. The van der Waals surface area contributed by atoms with E-state index < -0.39 is 18.5 Å². The topological polar surface area (TPSA) is 78.9 Å². The van der Waals surface area contributed by atoms with Gasteiger partial charge in [-0.1, -0.05) is 0 Å².